The van der Waals surface area contributed by atoms with Gasteiger partial charge in [0.2, 0.25) is 0 Å². The van der Waals surface area contributed by atoms with E-state index in [1.807, 2.05) is 0 Å². The zero-order valence-electron chi connectivity index (χ0n) is 11.4. The van der Waals surface area contributed by atoms with Gasteiger partial charge in [-0.2, -0.15) is 0 Å². The molecule has 0 radical (unpaired) electrons. The minimum atomic E-state index is -0.227. The highest BCUT2D eigenvalue weighted by atomic mass is 19.1. The van der Waals surface area contributed by atoms with Gasteiger partial charge in [0.05, 0.1) is 0 Å². The summed E-state index contributed by atoms with van der Waals surface area (Å²) in [7, 11) is 0. The highest BCUT2D eigenvalue weighted by Crippen LogP contribution is 2.29. The molecule has 0 unspecified atom stereocenters. The van der Waals surface area contributed by atoms with Crippen LogP contribution >= 0.6 is 0 Å². The summed E-state index contributed by atoms with van der Waals surface area (Å²) < 4.78 is 14.2. The lowest BCUT2D eigenvalue weighted by atomic mass is 10.1. The second-order valence-corrected chi connectivity index (χ2v) is 6.06. The first kappa shape index (κ1) is 13.3. The van der Waals surface area contributed by atoms with E-state index < -0.39 is 0 Å². The van der Waals surface area contributed by atoms with Gasteiger partial charge in [-0.25, -0.2) is 9.37 Å². The number of hydrogen-bond donors (Lipinski definition) is 2. The standard InChI is InChI=1S/C14H22FN3/c1-14(2,3)18-9-11-6-7-16-13(12(11)15)17-8-10-4-5-10/h6-7,10,18H,4-5,8-9H2,1-3H3,(H,16,17). The average Bonchev–Trinajstić information content (AvgIpc) is 3.09. The van der Waals surface area contributed by atoms with E-state index in [0.717, 1.165) is 6.54 Å². The number of rotatable bonds is 5. The first-order chi connectivity index (χ1) is 8.46. The Kier molecular flexibility index (Phi) is 3.85. The van der Waals surface area contributed by atoms with Crippen molar-refractivity contribution in [3.63, 3.8) is 0 Å². The Labute approximate surface area is 108 Å². The summed E-state index contributed by atoms with van der Waals surface area (Å²) in [5, 5.41) is 6.39. The molecule has 3 nitrogen and oxygen atoms in total. The van der Waals surface area contributed by atoms with E-state index in [9.17, 15) is 4.39 Å². The molecule has 0 amide bonds. The van der Waals surface area contributed by atoms with E-state index in [1.54, 1.807) is 12.3 Å². The number of anilines is 1. The van der Waals surface area contributed by atoms with E-state index in [4.69, 9.17) is 0 Å². The molecule has 18 heavy (non-hydrogen) atoms. The zero-order chi connectivity index (χ0) is 13.2. The van der Waals surface area contributed by atoms with Crippen LogP contribution in [-0.4, -0.2) is 17.1 Å². The van der Waals surface area contributed by atoms with Gasteiger partial charge in [0.25, 0.3) is 0 Å². The molecule has 0 saturated heterocycles. The van der Waals surface area contributed by atoms with Crippen LogP contribution in [0.4, 0.5) is 10.2 Å². The minimum Gasteiger partial charge on any atom is -0.367 e. The fourth-order valence-corrected chi connectivity index (χ4v) is 1.67. The molecule has 1 saturated carbocycles. The molecule has 1 aromatic rings. The molecule has 2 N–H and O–H groups in total. The van der Waals surface area contributed by atoms with E-state index in [2.05, 4.69) is 36.4 Å². The van der Waals surface area contributed by atoms with Crippen molar-refractivity contribution in [1.29, 1.82) is 0 Å². The number of aromatic nitrogens is 1. The molecule has 100 valence electrons. The first-order valence-electron chi connectivity index (χ1n) is 6.58. The molecule has 0 aliphatic heterocycles. The highest BCUT2D eigenvalue weighted by molar-refractivity contribution is 5.40. The van der Waals surface area contributed by atoms with Crippen molar-refractivity contribution < 1.29 is 4.39 Å². The van der Waals surface area contributed by atoms with Crippen molar-refractivity contribution in [2.24, 2.45) is 5.92 Å². The third-order valence-corrected chi connectivity index (χ3v) is 3.03. The normalized spacial score (nSPS) is 15.8. The second-order valence-electron chi connectivity index (χ2n) is 6.06. The highest BCUT2D eigenvalue weighted by Gasteiger charge is 2.21. The first-order valence-corrected chi connectivity index (χ1v) is 6.58. The third-order valence-electron chi connectivity index (χ3n) is 3.03. The van der Waals surface area contributed by atoms with Gasteiger partial charge in [-0.3, -0.25) is 0 Å². The number of halogens is 1. The predicted octanol–water partition coefficient (Wildman–Crippen LogP) is 2.93. The quantitative estimate of drug-likeness (QED) is 0.845. The smallest absolute Gasteiger partial charge is 0.169 e. The summed E-state index contributed by atoms with van der Waals surface area (Å²) in [5.41, 5.74) is 0.648. The fraction of sp³-hybridized carbons (Fsp3) is 0.643. The van der Waals surface area contributed by atoms with Crippen LogP contribution in [0, 0.1) is 11.7 Å². The van der Waals surface area contributed by atoms with Gasteiger partial charge in [0, 0.05) is 30.4 Å². The summed E-state index contributed by atoms with van der Waals surface area (Å²) in [6.45, 7) is 7.56. The van der Waals surface area contributed by atoms with Crippen LogP contribution in [0.15, 0.2) is 12.3 Å². The Hall–Kier alpha value is -1.16. The van der Waals surface area contributed by atoms with Crippen molar-refractivity contribution in [2.75, 3.05) is 11.9 Å². The van der Waals surface area contributed by atoms with E-state index >= 15 is 0 Å². The van der Waals surface area contributed by atoms with Crippen molar-refractivity contribution >= 4 is 5.82 Å². The van der Waals surface area contributed by atoms with Crippen LogP contribution in [0.1, 0.15) is 39.2 Å². The lowest BCUT2D eigenvalue weighted by Gasteiger charge is -2.21. The Morgan fingerprint density at radius 2 is 2.11 bits per heavy atom. The molecule has 4 heteroatoms. The number of nitrogens with one attached hydrogen (secondary N) is 2. The Morgan fingerprint density at radius 1 is 1.39 bits per heavy atom. The SMILES string of the molecule is CC(C)(C)NCc1ccnc(NCC2CC2)c1F. The van der Waals surface area contributed by atoms with Gasteiger partial charge < -0.3 is 10.6 Å². The molecule has 0 aromatic carbocycles. The summed E-state index contributed by atoms with van der Waals surface area (Å²) in [6.07, 6.45) is 4.16. The largest absolute Gasteiger partial charge is 0.367 e. The fourth-order valence-electron chi connectivity index (χ4n) is 1.67. The molecule has 1 heterocycles. The second kappa shape index (κ2) is 5.22. The number of pyridine rings is 1. The molecular weight excluding hydrogens is 229 g/mol. The Morgan fingerprint density at radius 3 is 2.72 bits per heavy atom. The van der Waals surface area contributed by atoms with Crippen molar-refractivity contribution in [2.45, 2.75) is 45.7 Å². The van der Waals surface area contributed by atoms with Crippen LogP contribution in [0.2, 0.25) is 0 Å². The van der Waals surface area contributed by atoms with Gasteiger partial charge in [0.1, 0.15) is 0 Å². The number of nitrogens with zero attached hydrogens (tertiary/aromatic N) is 1. The topological polar surface area (TPSA) is 37.0 Å². The van der Waals surface area contributed by atoms with E-state index in [-0.39, 0.29) is 11.4 Å². The van der Waals surface area contributed by atoms with Crippen molar-refractivity contribution in [3.8, 4) is 0 Å². The summed E-state index contributed by atoms with van der Waals surface area (Å²) in [6, 6.07) is 1.73. The summed E-state index contributed by atoms with van der Waals surface area (Å²) >= 11 is 0. The zero-order valence-corrected chi connectivity index (χ0v) is 11.4. The molecule has 0 spiro atoms. The molecule has 1 aliphatic carbocycles. The summed E-state index contributed by atoms with van der Waals surface area (Å²) in [5.74, 6) is 0.868. The summed E-state index contributed by atoms with van der Waals surface area (Å²) in [4.78, 5) is 4.07. The maximum atomic E-state index is 14.2. The minimum absolute atomic E-state index is 0.0166. The maximum absolute atomic E-state index is 14.2. The van der Waals surface area contributed by atoms with E-state index in [1.165, 1.54) is 12.8 Å². The van der Waals surface area contributed by atoms with Gasteiger partial charge >= 0.3 is 0 Å². The van der Waals surface area contributed by atoms with Gasteiger partial charge in [0.15, 0.2) is 11.6 Å². The lowest BCUT2D eigenvalue weighted by molar-refractivity contribution is 0.418. The van der Waals surface area contributed by atoms with Gasteiger partial charge in [-0.1, -0.05) is 0 Å². The van der Waals surface area contributed by atoms with Gasteiger partial charge in [-0.15, -0.1) is 0 Å². The van der Waals surface area contributed by atoms with Crippen LogP contribution < -0.4 is 10.6 Å². The van der Waals surface area contributed by atoms with Crippen LogP contribution in [0.25, 0.3) is 0 Å². The van der Waals surface area contributed by atoms with Crippen molar-refractivity contribution in [1.82, 2.24) is 10.3 Å². The van der Waals surface area contributed by atoms with E-state index in [0.29, 0.717) is 23.8 Å². The molecule has 1 aromatic heterocycles. The van der Waals surface area contributed by atoms with Crippen LogP contribution in [0.3, 0.4) is 0 Å². The van der Waals surface area contributed by atoms with Crippen LogP contribution in [-0.2, 0) is 6.54 Å². The monoisotopic (exact) mass is 251 g/mol. The molecular formula is C14H22FN3. The predicted molar refractivity (Wildman–Crippen MR) is 72.0 cm³/mol. The average molecular weight is 251 g/mol. The number of hydrogen-bond acceptors (Lipinski definition) is 3. The Balaban J connectivity index is 1.98. The lowest BCUT2D eigenvalue weighted by Crippen LogP contribution is -2.35. The van der Waals surface area contributed by atoms with Gasteiger partial charge in [-0.05, 0) is 45.6 Å². The molecule has 0 bridgehead atoms. The molecule has 2 rings (SSSR count). The maximum Gasteiger partial charge on any atom is 0.169 e. The Bertz CT molecular complexity index is 408. The molecule has 1 fully saturated rings. The van der Waals surface area contributed by atoms with Crippen LogP contribution in [0.5, 0.6) is 0 Å². The third kappa shape index (κ3) is 3.95. The molecule has 1 aliphatic rings. The molecule has 0 atom stereocenters. The van der Waals surface area contributed by atoms with Crippen molar-refractivity contribution in [3.05, 3.63) is 23.6 Å².